The molecule has 2 aromatic carbocycles. The summed E-state index contributed by atoms with van der Waals surface area (Å²) in [6.45, 7) is 1.68. The third kappa shape index (κ3) is 4.06. The van der Waals surface area contributed by atoms with Crippen molar-refractivity contribution in [2.24, 2.45) is 0 Å². The maximum atomic E-state index is 11.5. The highest BCUT2D eigenvalue weighted by atomic mass is 79.9. The largest absolute Gasteiger partial charge is 0.457 e. The van der Waals surface area contributed by atoms with Gasteiger partial charge in [0.2, 0.25) is 0 Å². The SMILES string of the molecule is C[C@@H](O)c1ccc(Oc2cccc(S(C)(=O)=O)c2)cc1Br. The molecule has 0 saturated carbocycles. The number of benzene rings is 2. The first-order valence-electron chi connectivity index (χ1n) is 6.23. The lowest BCUT2D eigenvalue weighted by molar-refractivity contribution is 0.198. The monoisotopic (exact) mass is 370 g/mol. The van der Waals surface area contributed by atoms with Gasteiger partial charge in [-0.3, -0.25) is 0 Å². The second-order valence-electron chi connectivity index (χ2n) is 4.71. The van der Waals surface area contributed by atoms with Crippen LogP contribution in [-0.4, -0.2) is 19.8 Å². The topological polar surface area (TPSA) is 63.6 Å². The summed E-state index contributed by atoms with van der Waals surface area (Å²) in [5.74, 6) is 0.992. The van der Waals surface area contributed by atoms with Crippen molar-refractivity contribution in [1.82, 2.24) is 0 Å². The zero-order chi connectivity index (χ0) is 15.6. The number of ether oxygens (including phenoxy) is 1. The molecule has 0 unspecified atom stereocenters. The van der Waals surface area contributed by atoms with Gasteiger partial charge >= 0.3 is 0 Å². The smallest absolute Gasteiger partial charge is 0.175 e. The van der Waals surface area contributed by atoms with E-state index >= 15 is 0 Å². The lowest BCUT2D eigenvalue weighted by Gasteiger charge is -2.11. The number of rotatable bonds is 4. The van der Waals surface area contributed by atoms with Crippen molar-refractivity contribution in [1.29, 1.82) is 0 Å². The van der Waals surface area contributed by atoms with Gasteiger partial charge in [0.15, 0.2) is 9.84 Å². The Morgan fingerprint density at radius 1 is 1.14 bits per heavy atom. The van der Waals surface area contributed by atoms with Gasteiger partial charge in [-0.25, -0.2) is 8.42 Å². The van der Waals surface area contributed by atoms with Gasteiger partial charge in [-0.2, -0.15) is 0 Å². The summed E-state index contributed by atoms with van der Waals surface area (Å²) in [4.78, 5) is 0.208. The fraction of sp³-hybridized carbons (Fsp3) is 0.200. The summed E-state index contributed by atoms with van der Waals surface area (Å²) in [5.41, 5.74) is 0.757. The molecule has 1 atom stereocenters. The van der Waals surface area contributed by atoms with Gasteiger partial charge < -0.3 is 9.84 Å². The third-order valence-corrected chi connectivity index (χ3v) is 4.69. The Balaban J connectivity index is 2.29. The van der Waals surface area contributed by atoms with E-state index in [9.17, 15) is 13.5 Å². The third-order valence-electron chi connectivity index (χ3n) is 2.89. The van der Waals surface area contributed by atoms with Crippen molar-refractivity contribution < 1.29 is 18.3 Å². The molecule has 0 aliphatic heterocycles. The number of halogens is 1. The maximum absolute atomic E-state index is 11.5. The maximum Gasteiger partial charge on any atom is 0.175 e. The van der Waals surface area contributed by atoms with Crippen molar-refractivity contribution in [2.45, 2.75) is 17.9 Å². The Labute approximate surface area is 132 Å². The summed E-state index contributed by atoms with van der Waals surface area (Å²) in [6.07, 6.45) is 0.571. The quantitative estimate of drug-likeness (QED) is 0.890. The van der Waals surface area contributed by atoms with E-state index in [1.54, 1.807) is 37.3 Å². The second kappa shape index (κ2) is 6.17. The van der Waals surface area contributed by atoms with Crippen LogP contribution in [0.25, 0.3) is 0 Å². The van der Waals surface area contributed by atoms with E-state index in [4.69, 9.17) is 4.74 Å². The Hall–Kier alpha value is -1.37. The summed E-state index contributed by atoms with van der Waals surface area (Å²) < 4.78 is 29.4. The fourth-order valence-corrected chi connectivity index (χ4v) is 3.16. The standard InChI is InChI=1S/C15H15BrO4S/c1-10(17)14-7-6-12(9-15(14)16)20-11-4-3-5-13(8-11)21(2,18)19/h3-10,17H,1-2H3/t10-/m1/s1. The molecular weight excluding hydrogens is 356 g/mol. The molecule has 1 N–H and O–H groups in total. The van der Waals surface area contributed by atoms with Crippen molar-refractivity contribution in [3.05, 3.63) is 52.5 Å². The minimum Gasteiger partial charge on any atom is -0.457 e. The van der Waals surface area contributed by atoms with Crippen LogP contribution in [0.4, 0.5) is 0 Å². The number of hydrogen-bond acceptors (Lipinski definition) is 4. The van der Waals surface area contributed by atoms with Crippen LogP contribution in [-0.2, 0) is 9.84 Å². The summed E-state index contributed by atoms with van der Waals surface area (Å²) >= 11 is 3.37. The Morgan fingerprint density at radius 2 is 1.81 bits per heavy atom. The van der Waals surface area contributed by atoms with E-state index in [0.717, 1.165) is 16.3 Å². The van der Waals surface area contributed by atoms with Crippen LogP contribution in [0.1, 0.15) is 18.6 Å². The highest BCUT2D eigenvalue weighted by Gasteiger charge is 2.10. The highest BCUT2D eigenvalue weighted by Crippen LogP contribution is 2.30. The molecule has 0 saturated heterocycles. The van der Waals surface area contributed by atoms with Crippen LogP contribution in [0, 0.1) is 0 Å². The van der Waals surface area contributed by atoms with Gasteiger partial charge in [0.25, 0.3) is 0 Å². The van der Waals surface area contributed by atoms with Gasteiger partial charge in [-0.15, -0.1) is 0 Å². The molecule has 21 heavy (non-hydrogen) atoms. The molecule has 0 aliphatic carbocycles. The van der Waals surface area contributed by atoms with Gasteiger partial charge in [0, 0.05) is 10.7 Å². The van der Waals surface area contributed by atoms with Gasteiger partial charge in [0.1, 0.15) is 11.5 Å². The second-order valence-corrected chi connectivity index (χ2v) is 7.58. The Kier molecular flexibility index (Phi) is 4.70. The average molecular weight is 371 g/mol. The van der Waals surface area contributed by atoms with E-state index in [2.05, 4.69) is 15.9 Å². The molecule has 4 nitrogen and oxygen atoms in total. The normalized spacial score (nSPS) is 13.0. The van der Waals surface area contributed by atoms with Crippen LogP contribution in [0.15, 0.2) is 51.8 Å². The van der Waals surface area contributed by atoms with E-state index in [0.29, 0.717) is 11.5 Å². The average Bonchev–Trinajstić information content (AvgIpc) is 2.37. The summed E-state index contributed by atoms with van der Waals surface area (Å²) in [5, 5.41) is 9.57. The van der Waals surface area contributed by atoms with E-state index in [1.807, 2.05) is 0 Å². The number of aliphatic hydroxyl groups excluding tert-OH is 1. The van der Waals surface area contributed by atoms with E-state index in [-0.39, 0.29) is 4.90 Å². The van der Waals surface area contributed by atoms with Crippen LogP contribution >= 0.6 is 15.9 Å². The molecule has 112 valence electrons. The first kappa shape index (κ1) is 16.0. The number of hydrogen-bond donors (Lipinski definition) is 1. The molecule has 0 spiro atoms. The molecule has 0 fully saturated rings. The summed E-state index contributed by atoms with van der Waals surface area (Å²) in [7, 11) is -3.27. The molecule has 0 bridgehead atoms. The minimum atomic E-state index is -3.27. The fourth-order valence-electron chi connectivity index (χ4n) is 1.81. The highest BCUT2D eigenvalue weighted by molar-refractivity contribution is 9.10. The molecular formula is C15H15BrO4S. The van der Waals surface area contributed by atoms with Crippen LogP contribution < -0.4 is 4.74 Å². The zero-order valence-corrected chi connectivity index (χ0v) is 14.0. The van der Waals surface area contributed by atoms with Crippen molar-refractivity contribution in [3.8, 4) is 11.5 Å². The van der Waals surface area contributed by atoms with E-state index in [1.165, 1.54) is 12.1 Å². The van der Waals surface area contributed by atoms with Crippen LogP contribution in [0.5, 0.6) is 11.5 Å². The molecule has 0 aliphatic rings. The number of aliphatic hydroxyl groups is 1. The molecule has 0 heterocycles. The predicted molar refractivity (Wildman–Crippen MR) is 84.4 cm³/mol. The zero-order valence-electron chi connectivity index (χ0n) is 11.6. The Bertz CT molecular complexity index is 754. The lowest BCUT2D eigenvalue weighted by Crippen LogP contribution is -1.97. The van der Waals surface area contributed by atoms with Crippen molar-refractivity contribution >= 4 is 25.8 Å². The van der Waals surface area contributed by atoms with Gasteiger partial charge in [-0.05, 0) is 42.8 Å². The van der Waals surface area contributed by atoms with Gasteiger partial charge in [-0.1, -0.05) is 28.1 Å². The number of sulfone groups is 1. The first-order valence-corrected chi connectivity index (χ1v) is 8.91. The van der Waals surface area contributed by atoms with Crippen molar-refractivity contribution in [3.63, 3.8) is 0 Å². The summed E-state index contributed by atoms with van der Waals surface area (Å²) in [6, 6.07) is 11.5. The van der Waals surface area contributed by atoms with Crippen LogP contribution in [0.2, 0.25) is 0 Å². The van der Waals surface area contributed by atoms with Crippen molar-refractivity contribution in [2.75, 3.05) is 6.26 Å². The Morgan fingerprint density at radius 3 is 2.38 bits per heavy atom. The van der Waals surface area contributed by atoms with E-state index < -0.39 is 15.9 Å². The molecule has 6 heteroatoms. The molecule has 2 rings (SSSR count). The van der Waals surface area contributed by atoms with Gasteiger partial charge in [0.05, 0.1) is 11.0 Å². The first-order chi connectivity index (χ1) is 9.77. The molecule has 2 aromatic rings. The van der Waals surface area contributed by atoms with Crippen LogP contribution in [0.3, 0.4) is 0 Å². The lowest BCUT2D eigenvalue weighted by atomic mass is 10.1. The predicted octanol–water partition coefficient (Wildman–Crippen LogP) is 3.70. The molecule has 0 amide bonds. The molecule has 0 aromatic heterocycles. The minimum absolute atomic E-state index is 0.208. The molecule has 0 radical (unpaired) electrons.